The molecule has 2 heterocycles. The molecule has 0 saturated carbocycles. The van der Waals surface area contributed by atoms with Crippen molar-refractivity contribution in [2.75, 3.05) is 5.75 Å². The number of esters is 1. The Balaban J connectivity index is 1.37. The van der Waals surface area contributed by atoms with Gasteiger partial charge in [0.1, 0.15) is 40.7 Å². The summed E-state index contributed by atoms with van der Waals surface area (Å²) < 4.78 is 5.30. The van der Waals surface area contributed by atoms with Gasteiger partial charge in [-0.25, -0.2) is 9.59 Å². The topological polar surface area (TPSA) is 185 Å². The summed E-state index contributed by atoms with van der Waals surface area (Å²) in [5.41, 5.74) is 13.3. The van der Waals surface area contributed by atoms with Crippen LogP contribution in [-0.2, 0) is 19.2 Å². The Hall–Kier alpha value is -4.13. The van der Waals surface area contributed by atoms with Crippen LogP contribution in [0.3, 0.4) is 0 Å². The Labute approximate surface area is 222 Å². The van der Waals surface area contributed by atoms with E-state index in [0.29, 0.717) is 22.5 Å². The number of phenols is 1. The second kappa shape index (κ2) is 11.1. The smallest absolute Gasteiger partial charge is 0.352 e. The van der Waals surface area contributed by atoms with Gasteiger partial charge < -0.3 is 31.7 Å². The number of fused-ring (bicyclic) bond motifs is 1. The van der Waals surface area contributed by atoms with Gasteiger partial charge in [0.15, 0.2) is 0 Å². The molecular formula is C26H26N4O7S. The lowest BCUT2D eigenvalue weighted by atomic mass is 10.0. The molecule has 2 amide bonds. The second-order valence-corrected chi connectivity index (χ2v) is 9.72. The SMILES string of the molecule is C/C=C\C1=C(C(=O)O)N2C(=O)[C@@H](NC(=O)[C@H](N)c3ccc(OC(=O)[C@H](N)c4ccc(O)cc4)cc3)[C@H]2SC1. The quantitative estimate of drug-likeness (QED) is 0.186. The molecule has 12 heteroatoms. The van der Waals surface area contributed by atoms with Crippen molar-refractivity contribution < 1.29 is 34.1 Å². The molecule has 1 saturated heterocycles. The number of allylic oxidation sites excluding steroid dienone is 2. The Kier molecular flexibility index (Phi) is 7.86. The molecule has 0 spiro atoms. The lowest BCUT2D eigenvalue weighted by molar-refractivity contribution is -0.150. The van der Waals surface area contributed by atoms with Crippen LogP contribution in [0.5, 0.6) is 11.5 Å². The number of benzene rings is 2. The first-order chi connectivity index (χ1) is 18.1. The highest BCUT2D eigenvalue weighted by atomic mass is 32.2. The van der Waals surface area contributed by atoms with Crippen LogP contribution in [-0.4, -0.2) is 56.0 Å². The zero-order chi connectivity index (χ0) is 27.6. The summed E-state index contributed by atoms with van der Waals surface area (Å²) in [5.74, 6) is -2.43. The number of hydrogen-bond acceptors (Lipinski definition) is 9. The van der Waals surface area contributed by atoms with Crippen LogP contribution in [0.15, 0.2) is 72.0 Å². The van der Waals surface area contributed by atoms with Crippen LogP contribution in [0.4, 0.5) is 0 Å². The van der Waals surface area contributed by atoms with Crippen LogP contribution in [0, 0.1) is 0 Å². The molecule has 4 rings (SSSR count). The van der Waals surface area contributed by atoms with E-state index in [1.165, 1.54) is 65.2 Å². The van der Waals surface area contributed by atoms with Crippen molar-refractivity contribution in [3.8, 4) is 11.5 Å². The minimum absolute atomic E-state index is 0.0437. The average molecular weight is 539 g/mol. The van der Waals surface area contributed by atoms with Gasteiger partial charge >= 0.3 is 11.9 Å². The zero-order valence-electron chi connectivity index (χ0n) is 20.2. The molecule has 7 N–H and O–H groups in total. The van der Waals surface area contributed by atoms with Gasteiger partial charge in [-0.1, -0.05) is 36.4 Å². The summed E-state index contributed by atoms with van der Waals surface area (Å²) in [6.45, 7) is 1.76. The van der Waals surface area contributed by atoms with E-state index in [1.54, 1.807) is 19.1 Å². The van der Waals surface area contributed by atoms with E-state index in [4.69, 9.17) is 16.2 Å². The summed E-state index contributed by atoms with van der Waals surface area (Å²) in [5, 5.41) is 21.1. The molecule has 38 heavy (non-hydrogen) atoms. The van der Waals surface area contributed by atoms with Gasteiger partial charge in [-0.05, 0) is 47.9 Å². The van der Waals surface area contributed by atoms with Crippen molar-refractivity contribution in [3.05, 3.63) is 83.1 Å². The number of carbonyl (C=O) groups is 4. The number of nitrogens with one attached hydrogen (secondary N) is 1. The van der Waals surface area contributed by atoms with Crippen molar-refractivity contribution in [3.63, 3.8) is 0 Å². The fraction of sp³-hybridized carbons (Fsp3) is 0.231. The van der Waals surface area contributed by atoms with Gasteiger partial charge in [0.2, 0.25) is 5.91 Å². The fourth-order valence-electron chi connectivity index (χ4n) is 4.11. The first kappa shape index (κ1) is 26.9. The van der Waals surface area contributed by atoms with Crippen molar-refractivity contribution >= 4 is 35.5 Å². The number of β-lactam (4-membered cyclic amide) rings is 1. The predicted molar refractivity (Wildman–Crippen MR) is 139 cm³/mol. The maximum Gasteiger partial charge on any atom is 0.352 e. The molecule has 2 aliphatic heterocycles. The number of nitrogens with zero attached hydrogens (tertiary/aromatic N) is 1. The molecule has 2 aromatic rings. The van der Waals surface area contributed by atoms with E-state index in [-0.39, 0.29) is 17.2 Å². The lowest BCUT2D eigenvalue weighted by Gasteiger charge is -2.49. The highest BCUT2D eigenvalue weighted by molar-refractivity contribution is 8.00. The van der Waals surface area contributed by atoms with E-state index in [2.05, 4.69) is 5.32 Å². The van der Waals surface area contributed by atoms with E-state index in [9.17, 15) is 29.4 Å². The molecule has 198 valence electrons. The van der Waals surface area contributed by atoms with Crippen LogP contribution in [0.25, 0.3) is 0 Å². The number of ether oxygens (including phenoxy) is 1. The molecule has 0 unspecified atom stereocenters. The first-order valence-corrected chi connectivity index (χ1v) is 12.6. The van der Waals surface area contributed by atoms with Crippen molar-refractivity contribution in [1.29, 1.82) is 0 Å². The molecule has 0 aliphatic carbocycles. The maximum absolute atomic E-state index is 12.8. The number of rotatable bonds is 8. The van der Waals surface area contributed by atoms with Crippen molar-refractivity contribution in [2.45, 2.75) is 30.4 Å². The minimum Gasteiger partial charge on any atom is -0.508 e. The average Bonchev–Trinajstić information content (AvgIpc) is 2.91. The van der Waals surface area contributed by atoms with Crippen LogP contribution in [0.2, 0.25) is 0 Å². The number of aromatic hydroxyl groups is 1. The third-order valence-corrected chi connectivity index (χ3v) is 7.41. The van der Waals surface area contributed by atoms with E-state index in [0.717, 1.165) is 0 Å². The fourth-order valence-corrected chi connectivity index (χ4v) is 5.43. The Morgan fingerprint density at radius 2 is 1.68 bits per heavy atom. The number of nitrogens with two attached hydrogens (primary N) is 2. The van der Waals surface area contributed by atoms with Gasteiger partial charge in [0.25, 0.3) is 5.91 Å². The first-order valence-electron chi connectivity index (χ1n) is 11.6. The third kappa shape index (κ3) is 5.28. The van der Waals surface area contributed by atoms with Crippen LogP contribution < -0.4 is 21.5 Å². The number of phenolic OH excluding ortho intramolecular Hbond substituents is 1. The van der Waals surface area contributed by atoms with E-state index < -0.39 is 47.3 Å². The van der Waals surface area contributed by atoms with Crippen molar-refractivity contribution in [2.24, 2.45) is 11.5 Å². The third-order valence-electron chi connectivity index (χ3n) is 6.11. The van der Waals surface area contributed by atoms with Gasteiger partial charge in [0.05, 0.1) is 0 Å². The molecule has 0 radical (unpaired) electrons. The predicted octanol–water partition coefficient (Wildman–Crippen LogP) is 1.31. The zero-order valence-corrected chi connectivity index (χ0v) is 21.1. The minimum atomic E-state index is -1.21. The molecular weight excluding hydrogens is 512 g/mol. The number of carboxylic acid groups (broad SMARTS) is 1. The number of carboxylic acids is 1. The Bertz CT molecular complexity index is 1320. The van der Waals surface area contributed by atoms with Gasteiger partial charge in [-0.15, -0.1) is 11.8 Å². The van der Waals surface area contributed by atoms with Crippen LogP contribution >= 0.6 is 11.8 Å². The maximum atomic E-state index is 12.8. The molecule has 11 nitrogen and oxygen atoms in total. The van der Waals surface area contributed by atoms with Crippen LogP contribution in [0.1, 0.15) is 30.1 Å². The normalized spacial score (nSPS) is 20.4. The summed E-state index contributed by atoms with van der Waals surface area (Å²) in [7, 11) is 0. The number of carbonyl (C=O) groups excluding carboxylic acids is 3. The summed E-state index contributed by atoms with van der Waals surface area (Å²) in [4.78, 5) is 50.9. The van der Waals surface area contributed by atoms with Gasteiger partial charge in [0, 0.05) is 5.75 Å². The number of hydrogen-bond donors (Lipinski definition) is 5. The molecule has 2 aliphatic rings. The number of thioether (sulfide) groups is 1. The summed E-state index contributed by atoms with van der Waals surface area (Å²) in [6, 6.07) is 8.71. The molecule has 0 aromatic heterocycles. The lowest BCUT2D eigenvalue weighted by Crippen LogP contribution is -2.71. The van der Waals surface area contributed by atoms with Gasteiger partial charge in [-0.3, -0.25) is 14.5 Å². The monoisotopic (exact) mass is 538 g/mol. The summed E-state index contributed by atoms with van der Waals surface area (Å²) in [6.07, 6.45) is 3.36. The second-order valence-electron chi connectivity index (χ2n) is 8.61. The molecule has 0 bridgehead atoms. The molecule has 1 fully saturated rings. The highest BCUT2D eigenvalue weighted by Gasteiger charge is 2.54. The van der Waals surface area contributed by atoms with Crippen molar-refractivity contribution in [1.82, 2.24) is 10.2 Å². The Morgan fingerprint density at radius 3 is 2.29 bits per heavy atom. The van der Waals surface area contributed by atoms with E-state index in [1.807, 2.05) is 0 Å². The number of aliphatic carboxylic acids is 1. The van der Waals surface area contributed by atoms with E-state index >= 15 is 0 Å². The molecule has 2 aromatic carbocycles. The molecule has 4 atom stereocenters. The standard InChI is InChI=1S/C26H26N4O7S/c1-2-3-15-12-38-24-20(23(33)30(24)21(15)25(34)35)29-22(32)18(27)13-6-10-17(11-7-13)37-26(36)19(28)14-4-8-16(31)9-5-14/h2-11,18-20,24,31H,12,27-28H2,1H3,(H,29,32)(H,34,35)/b3-2-/t18-,19-,20-,24-/m1/s1. The highest BCUT2D eigenvalue weighted by Crippen LogP contribution is 2.40. The number of amides is 2. The summed E-state index contributed by atoms with van der Waals surface area (Å²) >= 11 is 1.36. The largest absolute Gasteiger partial charge is 0.508 e. The van der Waals surface area contributed by atoms with Gasteiger partial charge in [-0.2, -0.15) is 0 Å². The Morgan fingerprint density at radius 1 is 1.08 bits per heavy atom.